The maximum atomic E-state index is 14.0. The van der Waals surface area contributed by atoms with E-state index in [1.54, 1.807) is 0 Å². The summed E-state index contributed by atoms with van der Waals surface area (Å²) in [5, 5.41) is 0. The van der Waals surface area contributed by atoms with Crippen LogP contribution in [0.25, 0.3) is 0 Å². The second kappa shape index (κ2) is 20.8. The molecule has 0 saturated carbocycles. The average molecular weight is 770 g/mol. The Hall–Kier alpha value is -4.69. The molecule has 292 valence electrons. The molecule has 12 heteroatoms. The monoisotopic (exact) mass is 769 g/mol. The summed E-state index contributed by atoms with van der Waals surface area (Å²) in [6.45, 7) is 7.08. The Kier molecular flexibility index (Phi) is 15.7. The number of esters is 1. The van der Waals surface area contributed by atoms with Crippen molar-refractivity contribution in [3.8, 4) is 0 Å². The van der Waals surface area contributed by atoms with E-state index in [9.17, 15) is 14.4 Å². The molecule has 0 radical (unpaired) electrons. The first-order chi connectivity index (χ1) is 26.6. The molecule has 1 aliphatic rings. The van der Waals surface area contributed by atoms with Crippen molar-refractivity contribution in [3.63, 3.8) is 0 Å². The summed E-state index contributed by atoms with van der Waals surface area (Å²) in [6.07, 6.45) is -6.47. The number of hydrogen-bond donors (Lipinski definition) is 0. The summed E-state index contributed by atoms with van der Waals surface area (Å²) in [4.78, 5) is 41.6. The summed E-state index contributed by atoms with van der Waals surface area (Å²) < 4.78 is 43.5. The zero-order valence-corrected chi connectivity index (χ0v) is 32.9. The Bertz CT molecular complexity index is 1760. The van der Waals surface area contributed by atoms with E-state index in [1.807, 2.05) is 121 Å². The van der Waals surface area contributed by atoms with Crippen LogP contribution in [0.5, 0.6) is 0 Å². The van der Waals surface area contributed by atoms with Gasteiger partial charge in [0.1, 0.15) is 24.4 Å². The van der Waals surface area contributed by atoms with E-state index in [0.717, 1.165) is 29.4 Å². The lowest BCUT2D eigenvalue weighted by Gasteiger charge is -2.48. The highest BCUT2D eigenvalue weighted by Gasteiger charge is 2.54. The predicted molar refractivity (Wildman–Crippen MR) is 208 cm³/mol. The first-order valence-corrected chi connectivity index (χ1v) is 22.2. The fourth-order valence-corrected chi connectivity index (χ4v) is 6.69. The van der Waals surface area contributed by atoms with Crippen LogP contribution in [0.15, 0.2) is 121 Å². The first kappa shape index (κ1) is 41.5. The van der Waals surface area contributed by atoms with Gasteiger partial charge in [-0.05, 0) is 28.3 Å². The predicted octanol–water partition coefficient (Wildman–Crippen LogP) is 7.16. The Morgan fingerprint density at radius 2 is 1.05 bits per heavy atom. The number of ether oxygens (including phenoxy) is 7. The van der Waals surface area contributed by atoms with E-state index in [1.165, 1.54) is 0 Å². The van der Waals surface area contributed by atoms with Crippen LogP contribution in [-0.2, 0) is 69.2 Å². The van der Waals surface area contributed by atoms with Crippen LogP contribution in [0.4, 0.5) is 4.79 Å². The summed E-state index contributed by atoms with van der Waals surface area (Å²) in [5.74, 6) is -2.54. The van der Waals surface area contributed by atoms with Gasteiger partial charge in [0, 0.05) is 8.07 Å². The van der Waals surface area contributed by atoms with E-state index in [-0.39, 0.29) is 39.6 Å². The lowest BCUT2D eigenvalue weighted by Crippen LogP contribution is -2.67. The van der Waals surface area contributed by atoms with Gasteiger partial charge in [0.05, 0.1) is 46.8 Å². The highest BCUT2D eigenvalue weighted by molar-refractivity contribution is 6.76. The molecule has 2 amide bonds. The summed E-state index contributed by atoms with van der Waals surface area (Å²) >= 11 is 0. The van der Waals surface area contributed by atoms with Gasteiger partial charge >= 0.3 is 18.0 Å². The van der Waals surface area contributed by atoms with Crippen molar-refractivity contribution in [2.24, 2.45) is 0 Å². The smallest absolute Gasteiger partial charge is 0.419 e. The van der Waals surface area contributed by atoms with Gasteiger partial charge in [-0.25, -0.2) is 14.5 Å². The lowest BCUT2D eigenvalue weighted by molar-refractivity contribution is -0.292. The molecule has 1 saturated heterocycles. The molecule has 0 aliphatic carbocycles. The zero-order chi connectivity index (χ0) is 39.0. The minimum absolute atomic E-state index is 0.0214. The summed E-state index contributed by atoms with van der Waals surface area (Å²) in [7, 11) is -0.585. The third kappa shape index (κ3) is 12.7. The van der Waals surface area contributed by atoms with E-state index in [4.69, 9.17) is 33.2 Å². The molecule has 0 N–H and O–H groups in total. The van der Waals surface area contributed by atoms with Gasteiger partial charge in [0.15, 0.2) is 6.23 Å². The Morgan fingerprint density at radius 1 is 0.618 bits per heavy atom. The second-order valence-electron chi connectivity index (χ2n) is 14.4. The first-order valence-electron chi connectivity index (χ1n) is 18.4. The Balaban J connectivity index is 1.57. The number of benzene rings is 4. The number of amides is 2. The number of carbonyl (C=O) groups excluding carboxylic acids is 3. The van der Waals surface area contributed by atoms with E-state index < -0.39 is 56.7 Å². The molecule has 0 bridgehead atoms. The molecule has 0 unspecified atom stereocenters. The zero-order valence-electron chi connectivity index (χ0n) is 31.9. The molecular weight excluding hydrogens is 719 g/mol. The van der Waals surface area contributed by atoms with Crippen molar-refractivity contribution in [1.82, 2.24) is 4.90 Å². The minimum Gasteiger partial charge on any atom is -0.462 e. The summed E-state index contributed by atoms with van der Waals surface area (Å²) in [6, 6.07) is 39.0. The van der Waals surface area contributed by atoms with Crippen LogP contribution < -0.4 is 0 Å². The SMILES string of the molecule is COC(=O)C(=O)N(C(=O)OCC[Si](C)(C)C)[C@@H]1O[C@H](COCc2ccccc2)[C@@H](OCc2ccccc2)[C@H](OCc2ccccc2)[C@H]1OCc1ccccc1. The van der Waals surface area contributed by atoms with Gasteiger partial charge in [-0.1, -0.05) is 141 Å². The van der Waals surface area contributed by atoms with Gasteiger partial charge in [-0.15, -0.1) is 0 Å². The molecule has 1 heterocycles. The Morgan fingerprint density at radius 3 is 1.51 bits per heavy atom. The normalized spacial score (nSPS) is 19.7. The highest BCUT2D eigenvalue weighted by atomic mass is 28.3. The van der Waals surface area contributed by atoms with Gasteiger partial charge < -0.3 is 33.2 Å². The van der Waals surface area contributed by atoms with Crippen LogP contribution in [0.1, 0.15) is 22.3 Å². The van der Waals surface area contributed by atoms with Gasteiger partial charge in [0.25, 0.3) is 0 Å². The molecular formula is C43H51NO10Si. The van der Waals surface area contributed by atoms with Crippen molar-refractivity contribution >= 4 is 26.0 Å². The second-order valence-corrected chi connectivity index (χ2v) is 20.1. The van der Waals surface area contributed by atoms with Crippen LogP contribution in [0, 0.1) is 0 Å². The third-order valence-corrected chi connectivity index (χ3v) is 10.7. The largest absolute Gasteiger partial charge is 0.462 e. The molecule has 4 aromatic rings. The van der Waals surface area contributed by atoms with Crippen LogP contribution in [0.3, 0.4) is 0 Å². The van der Waals surface area contributed by atoms with E-state index in [2.05, 4.69) is 19.6 Å². The molecule has 0 aromatic heterocycles. The Labute approximate surface area is 324 Å². The number of nitrogens with zero attached hydrogens (tertiary/aromatic N) is 1. The van der Waals surface area contributed by atoms with Crippen molar-refractivity contribution in [3.05, 3.63) is 144 Å². The molecule has 11 nitrogen and oxygen atoms in total. The van der Waals surface area contributed by atoms with Gasteiger partial charge in [-0.2, -0.15) is 0 Å². The molecule has 0 spiro atoms. The van der Waals surface area contributed by atoms with Crippen LogP contribution >= 0.6 is 0 Å². The van der Waals surface area contributed by atoms with Crippen molar-refractivity contribution in [2.45, 2.75) is 82.8 Å². The van der Waals surface area contributed by atoms with E-state index >= 15 is 0 Å². The topological polar surface area (TPSA) is 119 Å². The van der Waals surface area contributed by atoms with E-state index in [0.29, 0.717) is 10.9 Å². The number of hydrogen-bond acceptors (Lipinski definition) is 10. The number of imide groups is 1. The molecule has 4 aromatic carbocycles. The van der Waals surface area contributed by atoms with Gasteiger partial charge in [-0.3, -0.25) is 4.79 Å². The van der Waals surface area contributed by atoms with Crippen molar-refractivity contribution in [1.29, 1.82) is 0 Å². The van der Waals surface area contributed by atoms with Crippen LogP contribution in [0.2, 0.25) is 25.7 Å². The van der Waals surface area contributed by atoms with Crippen molar-refractivity contribution < 1.29 is 47.5 Å². The lowest BCUT2D eigenvalue weighted by atomic mass is 9.96. The number of carbonyl (C=O) groups is 3. The molecule has 1 fully saturated rings. The standard InChI is InChI=1S/C43H51NO10Si/c1-48-42(46)40(45)44(43(47)50-25-26-55(2,3)4)41-39(53-30-35-23-15-8-16-24-35)38(52-29-34-21-13-7-14-22-34)37(51-28-33-19-11-6-12-20-33)36(54-41)31-49-27-32-17-9-5-10-18-32/h5-24,36-39,41H,25-31H2,1-4H3/t36-,37-,38+,39-,41-/m1/s1. The maximum absolute atomic E-state index is 14.0. The molecule has 5 atom stereocenters. The quantitative estimate of drug-likeness (QED) is 0.0622. The maximum Gasteiger partial charge on any atom is 0.419 e. The number of methoxy groups -OCH3 is 1. The van der Waals surface area contributed by atoms with Gasteiger partial charge in [0.2, 0.25) is 0 Å². The fraction of sp³-hybridized carbons (Fsp3) is 0.372. The van der Waals surface area contributed by atoms with Crippen molar-refractivity contribution in [2.75, 3.05) is 20.3 Å². The summed E-state index contributed by atoms with van der Waals surface area (Å²) in [5.41, 5.74) is 3.54. The van der Waals surface area contributed by atoms with Crippen LogP contribution in [-0.4, -0.2) is 81.9 Å². The molecule has 1 aliphatic heterocycles. The average Bonchev–Trinajstić information content (AvgIpc) is 3.20. The number of rotatable bonds is 17. The fourth-order valence-electron chi connectivity index (χ4n) is 5.97. The third-order valence-electron chi connectivity index (χ3n) is 8.97. The molecule has 5 rings (SSSR count). The highest BCUT2D eigenvalue weighted by Crippen LogP contribution is 2.33. The minimum atomic E-state index is -1.65. The molecule has 55 heavy (non-hydrogen) atoms.